The molecule has 0 fully saturated rings. The SMILES string of the molecule is CN(C)c1ccc(/C=N\NC(=O)c2cc(-c3ccc4ccccc4c3)n[nH]2)cc1. The van der Waals surface area contributed by atoms with Crippen molar-refractivity contribution in [3.63, 3.8) is 0 Å². The predicted octanol–water partition coefficient (Wildman–Crippen LogP) is 4.06. The number of hydrogen-bond donors (Lipinski definition) is 2. The summed E-state index contributed by atoms with van der Waals surface area (Å²) in [6.45, 7) is 0. The van der Waals surface area contributed by atoms with E-state index in [1.54, 1.807) is 12.3 Å². The number of nitrogens with one attached hydrogen (secondary N) is 2. The van der Waals surface area contributed by atoms with Crippen molar-refractivity contribution >= 4 is 28.6 Å². The molecule has 0 unspecified atom stereocenters. The molecule has 0 saturated heterocycles. The van der Waals surface area contributed by atoms with Crippen LogP contribution in [0.15, 0.2) is 77.9 Å². The number of rotatable bonds is 5. The highest BCUT2D eigenvalue weighted by Crippen LogP contribution is 2.23. The van der Waals surface area contributed by atoms with Crippen LogP contribution >= 0.6 is 0 Å². The summed E-state index contributed by atoms with van der Waals surface area (Å²) in [4.78, 5) is 14.4. The molecule has 29 heavy (non-hydrogen) atoms. The molecule has 6 heteroatoms. The number of hydrazone groups is 1. The van der Waals surface area contributed by atoms with Crippen LogP contribution in [0.3, 0.4) is 0 Å². The summed E-state index contributed by atoms with van der Waals surface area (Å²) in [5.41, 5.74) is 6.54. The zero-order chi connectivity index (χ0) is 20.2. The molecule has 4 aromatic rings. The van der Waals surface area contributed by atoms with Gasteiger partial charge in [-0.1, -0.05) is 48.5 Å². The van der Waals surface area contributed by atoms with E-state index in [4.69, 9.17) is 0 Å². The van der Waals surface area contributed by atoms with Crippen LogP contribution in [0.25, 0.3) is 22.0 Å². The fourth-order valence-corrected chi connectivity index (χ4v) is 3.02. The Labute approximate surface area is 168 Å². The number of aromatic nitrogens is 2. The van der Waals surface area contributed by atoms with E-state index in [1.165, 1.54) is 0 Å². The molecule has 1 heterocycles. The minimum Gasteiger partial charge on any atom is -0.378 e. The lowest BCUT2D eigenvalue weighted by Crippen LogP contribution is -2.18. The highest BCUT2D eigenvalue weighted by molar-refractivity contribution is 5.94. The van der Waals surface area contributed by atoms with Crippen LogP contribution in [0.5, 0.6) is 0 Å². The van der Waals surface area contributed by atoms with Gasteiger partial charge in [0.2, 0.25) is 0 Å². The Morgan fingerprint density at radius 3 is 2.52 bits per heavy atom. The summed E-state index contributed by atoms with van der Waals surface area (Å²) in [7, 11) is 3.97. The van der Waals surface area contributed by atoms with Gasteiger partial charge in [0.25, 0.3) is 5.91 Å². The van der Waals surface area contributed by atoms with Crippen molar-refractivity contribution in [3.05, 3.63) is 84.1 Å². The number of hydrogen-bond acceptors (Lipinski definition) is 4. The van der Waals surface area contributed by atoms with Crippen molar-refractivity contribution in [2.45, 2.75) is 0 Å². The van der Waals surface area contributed by atoms with Crippen LogP contribution in [0.1, 0.15) is 16.1 Å². The number of carbonyl (C=O) groups is 1. The van der Waals surface area contributed by atoms with E-state index < -0.39 is 0 Å². The number of fused-ring (bicyclic) bond motifs is 1. The number of amides is 1. The average Bonchev–Trinajstić information content (AvgIpc) is 3.24. The number of H-pyrrole nitrogens is 1. The topological polar surface area (TPSA) is 73.4 Å². The third-order valence-corrected chi connectivity index (χ3v) is 4.66. The molecule has 1 aromatic heterocycles. The van der Waals surface area contributed by atoms with E-state index in [1.807, 2.05) is 67.5 Å². The van der Waals surface area contributed by atoms with E-state index in [0.29, 0.717) is 11.4 Å². The molecule has 2 N–H and O–H groups in total. The molecule has 1 amide bonds. The average molecular weight is 383 g/mol. The Bertz CT molecular complexity index is 1180. The molecule has 6 nitrogen and oxygen atoms in total. The van der Waals surface area contributed by atoms with Crippen LogP contribution in [0.2, 0.25) is 0 Å². The van der Waals surface area contributed by atoms with Gasteiger partial charge in [-0.15, -0.1) is 0 Å². The van der Waals surface area contributed by atoms with E-state index in [9.17, 15) is 4.79 Å². The summed E-state index contributed by atoms with van der Waals surface area (Å²) in [5.74, 6) is -0.342. The zero-order valence-corrected chi connectivity index (χ0v) is 16.3. The van der Waals surface area contributed by atoms with Crippen molar-refractivity contribution in [1.29, 1.82) is 0 Å². The van der Waals surface area contributed by atoms with Gasteiger partial charge >= 0.3 is 0 Å². The van der Waals surface area contributed by atoms with Gasteiger partial charge in [-0.3, -0.25) is 9.89 Å². The monoisotopic (exact) mass is 383 g/mol. The van der Waals surface area contributed by atoms with Gasteiger partial charge in [-0.2, -0.15) is 10.2 Å². The molecule has 0 aliphatic carbocycles. The predicted molar refractivity (Wildman–Crippen MR) is 117 cm³/mol. The highest BCUT2D eigenvalue weighted by Gasteiger charge is 2.10. The summed E-state index contributed by atoms with van der Waals surface area (Å²) in [6, 6.07) is 23.8. The van der Waals surface area contributed by atoms with Gasteiger partial charge in [0, 0.05) is 25.3 Å². The Kier molecular flexibility index (Phi) is 5.07. The fraction of sp³-hybridized carbons (Fsp3) is 0.0870. The van der Waals surface area contributed by atoms with E-state index in [-0.39, 0.29) is 5.91 Å². The smallest absolute Gasteiger partial charge is 0.289 e. The van der Waals surface area contributed by atoms with Gasteiger partial charge in [0.05, 0.1) is 11.9 Å². The molecule has 0 radical (unpaired) electrons. The van der Waals surface area contributed by atoms with Gasteiger partial charge in [0.15, 0.2) is 0 Å². The lowest BCUT2D eigenvalue weighted by Gasteiger charge is -2.11. The van der Waals surface area contributed by atoms with Gasteiger partial charge in [0.1, 0.15) is 5.69 Å². The van der Waals surface area contributed by atoms with Crippen LogP contribution in [-0.2, 0) is 0 Å². The zero-order valence-electron chi connectivity index (χ0n) is 16.3. The maximum Gasteiger partial charge on any atom is 0.289 e. The molecule has 3 aromatic carbocycles. The molecule has 0 spiro atoms. The number of anilines is 1. The van der Waals surface area contributed by atoms with Crippen LogP contribution in [-0.4, -0.2) is 36.4 Å². The molecular formula is C23H21N5O. The second-order valence-electron chi connectivity index (χ2n) is 6.91. The quantitative estimate of drug-likeness (QED) is 0.403. The Hall–Kier alpha value is -3.93. The van der Waals surface area contributed by atoms with Crippen LogP contribution in [0, 0.1) is 0 Å². The highest BCUT2D eigenvalue weighted by atomic mass is 16.2. The number of carbonyl (C=O) groups excluding carboxylic acids is 1. The van der Waals surface area contributed by atoms with Crippen LogP contribution in [0.4, 0.5) is 5.69 Å². The second kappa shape index (κ2) is 7.98. The van der Waals surface area contributed by atoms with Crippen molar-refractivity contribution < 1.29 is 4.79 Å². The summed E-state index contributed by atoms with van der Waals surface area (Å²) in [6.07, 6.45) is 1.61. The molecule has 0 bridgehead atoms. The summed E-state index contributed by atoms with van der Waals surface area (Å²) >= 11 is 0. The van der Waals surface area contributed by atoms with Crippen molar-refractivity contribution in [2.24, 2.45) is 5.10 Å². The largest absolute Gasteiger partial charge is 0.378 e. The summed E-state index contributed by atoms with van der Waals surface area (Å²) < 4.78 is 0. The number of benzene rings is 3. The van der Waals surface area contributed by atoms with E-state index >= 15 is 0 Å². The van der Waals surface area contributed by atoms with Crippen LogP contribution < -0.4 is 10.3 Å². The standard InChI is InChI=1S/C23H21N5O/c1-28(2)20-11-7-16(8-12-20)15-24-27-23(29)22-14-21(25-26-22)19-10-9-17-5-3-4-6-18(17)13-19/h3-15H,1-2H3,(H,25,26)(H,27,29)/b24-15-. The lowest BCUT2D eigenvalue weighted by atomic mass is 10.1. The van der Waals surface area contributed by atoms with Crippen molar-refractivity contribution in [3.8, 4) is 11.3 Å². The first-order chi connectivity index (χ1) is 14.1. The molecule has 144 valence electrons. The first-order valence-electron chi connectivity index (χ1n) is 9.25. The lowest BCUT2D eigenvalue weighted by molar-refractivity contribution is 0.0950. The first kappa shape index (κ1) is 18.4. The van der Waals surface area contributed by atoms with Crippen molar-refractivity contribution in [2.75, 3.05) is 19.0 Å². The first-order valence-corrected chi connectivity index (χ1v) is 9.25. The third kappa shape index (κ3) is 4.16. The Morgan fingerprint density at radius 1 is 1.00 bits per heavy atom. The van der Waals surface area contributed by atoms with Gasteiger partial charge in [-0.25, -0.2) is 5.43 Å². The molecule has 4 rings (SSSR count). The molecular weight excluding hydrogens is 362 g/mol. The minimum atomic E-state index is -0.342. The number of aromatic amines is 1. The Morgan fingerprint density at radius 2 is 1.76 bits per heavy atom. The van der Waals surface area contributed by atoms with E-state index in [2.05, 4.69) is 38.9 Å². The molecule has 0 aliphatic heterocycles. The molecule has 0 atom stereocenters. The normalized spacial score (nSPS) is 11.1. The van der Waals surface area contributed by atoms with Crippen molar-refractivity contribution in [1.82, 2.24) is 15.6 Å². The summed E-state index contributed by atoms with van der Waals surface area (Å²) in [5, 5.41) is 13.4. The molecule has 0 saturated carbocycles. The number of nitrogens with zero attached hydrogens (tertiary/aromatic N) is 3. The van der Waals surface area contributed by atoms with E-state index in [0.717, 1.165) is 27.6 Å². The minimum absolute atomic E-state index is 0.342. The van der Waals surface area contributed by atoms with Gasteiger partial charge < -0.3 is 4.90 Å². The Balaban J connectivity index is 1.43. The maximum atomic E-state index is 12.3. The third-order valence-electron chi connectivity index (χ3n) is 4.66. The maximum absolute atomic E-state index is 12.3. The van der Waals surface area contributed by atoms with Gasteiger partial charge in [-0.05, 0) is 40.6 Å². The second-order valence-corrected chi connectivity index (χ2v) is 6.91. The fourth-order valence-electron chi connectivity index (χ4n) is 3.02. The molecule has 0 aliphatic rings.